The first-order valence-electron chi connectivity index (χ1n) is 31.8. The number of nitrogens with one attached hydrogen (secondary N) is 2. The standard InChI is InChI=1S/C64H88F3N11O6/c1-40(83-5)53-48(31-46(33-68-53)74-28-26-73(27-29-74)45-17-18-45)56-49-32-62(2,3)39-84-61(82)50-13-9-23-78(70-50)59(80)51(35-72-22-8-12-44(34-72)43-16-19-52(47(49)30-43)77(56)38-64(65,66)67)69-58(79)55(41-10-6-7-11-41)75-24-20-63(36-75)21-25-76(37-63)60(81)57-54(71(57)4)42-14-15-42/h12,16,19,30-31,33,40-42,45,50-51,54-55,57,70H,6-11,13-15,17-18,20-29,32,34-39H2,1-5H3,(H,69,79)/t40-,50-,51-,54+,55-,57+,63-,71?/m0/s1. The quantitative estimate of drug-likeness (QED) is 0.141. The normalized spacial score (nSPS) is 30.9. The Labute approximate surface area is 492 Å². The summed E-state index contributed by atoms with van der Waals surface area (Å²) in [6.07, 6.45) is 11.4. The van der Waals surface area contributed by atoms with Crippen LogP contribution in [0.5, 0.6) is 0 Å². The Morgan fingerprint density at radius 1 is 0.929 bits per heavy atom. The number of anilines is 1. The number of esters is 1. The van der Waals surface area contributed by atoms with Crippen LogP contribution in [0.15, 0.2) is 36.5 Å². The third kappa shape index (κ3) is 11.8. The number of carbonyl (C=O) groups excluding carboxylic acids is 4. The van der Waals surface area contributed by atoms with Gasteiger partial charge in [0.05, 0.1) is 42.0 Å². The third-order valence-electron chi connectivity index (χ3n) is 21.0. The van der Waals surface area contributed by atoms with Crippen LogP contribution in [0.4, 0.5) is 18.9 Å². The van der Waals surface area contributed by atoms with E-state index in [1.807, 2.05) is 51.2 Å². The second kappa shape index (κ2) is 22.9. The summed E-state index contributed by atoms with van der Waals surface area (Å²) < 4.78 is 59.4. The van der Waals surface area contributed by atoms with Gasteiger partial charge in [0.15, 0.2) is 0 Å². The van der Waals surface area contributed by atoms with Crippen molar-refractivity contribution in [3.05, 3.63) is 53.4 Å². The molecular weight excluding hydrogens is 1080 g/mol. The van der Waals surface area contributed by atoms with Crippen molar-refractivity contribution >= 4 is 45.9 Å². The maximum absolute atomic E-state index is 15.4. The van der Waals surface area contributed by atoms with Crippen LogP contribution in [-0.4, -0.2) is 204 Å². The Morgan fingerprint density at radius 3 is 2.44 bits per heavy atom. The van der Waals surface area contributed by atoms with Crippen molar-refractivity contribution in [2.75, 3.05) is 104 Å². The van der Waals surface area contributed by atoms with Crippen LogP contribution in [-0.2, 0) is 41.6 Å². The molecule has 84 heavy (non-hydrogen) atoms. The van der Waals surface area contributed by atoms with Crippen LogP contribution < -0.4 is 15.6 Å². The molecule has 3 aliphatic carbocycles. The molecule has 10 aliphatic rings. The number of cyclic esters (lactones) is 1. The minimum atomic E-state index is -4.58. The van der Waals surface area contributed by atoms with Crippen LogP contribution >= 0.6 is 0 Å². The molecule has 8 fully saturated rings. The first-order valence-corrected chi connectivity index (χ1v) is 31.8. The first-order chi connectivity index (χ1) is 40.3. The number of fused-ring (bicyclic) bond motifs is 6. The zero-order chi connectivity index (χ0) is 58.4. The van der Waals surface area contributed by atoms with Crippen LogP contribution in [0.25, 0.3) is 27.7 Å². The largest absolute Gasteiger partial charge is 0.464 e. The molecular formula is C64H88F3N11O6. The molecule has 9 heterocycles. The number of benzene rings is 1. The van der Waals surface area contributed by atoms with E-state index in [4.69, 9.17) is 14.5 Å². The molecule has 3 saturated carbocycles. The molecule has 3 aromatic rings. The molecule has 9 atom stereocenters. The van der Waals surface area contributed by atoms with Crippen LogP contribution in [0.2, 0.25) is 0 Å². The SMILES string of the molecule is CO[C@@H](C)c1ncc(N2CCN(C3CC3)CC2)cc1-c1c2c3cc(ccc3n1CC(F)(F)F)C1=CCCN(C1)C[C@H](NC(=O)[C@H](C1CCCC1)N1CC[C@]3(CCN(C(=O)[C@H]4[C@@H](C5CC5)N4C)C3)C1)C(=O)N1CCC[C@H](N1)C(=O)OCC(C)(C)C2. The van der Waals surface area contributed by atoms with Gasteiger partial charge in [0, 0.05) is 118 Å². The van der Waals surface area contributed by atoms with E-state index < -0.39 is 48.3 Å². The Morgan fingerprint density at radius 2 is 1.70 bits per heavy atom. The molecule has 1 spiro atoms. The van der Waals surface area contributed by atoms with E-state index in [0.717, 1.165) is 101 Å². The molecule has 13 rings (SSSR count). The summed E-state index contributed by atoms with van der Waals surface area (Å²) in [5.41, 5.74) is 7.74. The fourth-order valence-electron chi connectivity index (χ4n) is 16.1. The van der Waals surface area contributed by atoms with Gasteiger partial charge in [-0.25, -0.2) is 5.43 Å². The zero-order valence-electron chi connectivity index (χ0n) is 50.1. The number of amides is 3. The van der Waals surface area contributed by atoms with Crippen LogP contribution in [0.1, 0.15) is 127 Å². The molecule has 17 nitrogen and oxygen atoms in total. The highest BCUT2D eigenvalue weighted by molar-refractivity contribution is 5.95. The number of hydrogen-bond donors (Lipinski definition) is 2. The second-order valence-electron chi connectivity index (χ2n) is 27.8. The molecule has 0 radical (unpaired) electrons. The molecule has 3 amide bonds. The Kier molecular flexibility index (Phi) is 15.8. The monoisotopic (exact) mass is 1160 g/mol. The van der Waals surface area contributed by atoms with Crippen LogP contribution in [0, 0.1) is 22.7 Å². The predicted molar refractivity (Wildman–Crippen MR) is 314 cm³/mol. The smallest absolute Gasteiger partial charge is 0.406 e. The molecule has 2 N–H and O–H groups in total. The number of pyridine rings is 1. The summed E-state index contributed by atoms with van der Waals surface area (Å²) in [6, 6.07) is 6.55. The van der Waals surface area contributed by atoms with Crippen molar-refractivity contribution < 1.29 is 41.8 Å². The van der Waals surface area contributed by atoms with Crippen molar-refractivity contribution in [2.45, 2.75) is 166 Å². The highest BCUT2D eigenvalue weighted by Crippen LogP contribution is 2.49. The number of carbonyl (C=O) groups is 4. The van der Waals surface area contributed by atoms with Crippen molar-refractivity contribution in [1.29, 1.82) is 0 Å². The third-order valence-corrected chi connectivity index (χ3v) is 21.0. The molecule has 456 valence electrons. The Hall–Kier alpha value is -5.12. The number of nitrogens with zero attached hydrogens (tertiary/aromatic N) is 9. The zero-order valence-corrected chi connectivity index (χ0v) is 50.1. The van der Waals surface area contributed by atoms with E-state index in [1.165, 1.54) is 35.3 Å². The number of hydrazine groups is 1. The van der Waals surface area contributed by atoms with Gasteiger partial charge in [-0.05, 0) is 144 Å². The Bertz CT molecular complexity index is 3040. The summed E-state index contributed by atoms with van der Waals surface area (Å²) in [5, 5.41) is 5.56. The van der Waals surface area contributed by atoms with Crippen molar-refractivity contribution in [3.63, 3.8) is 0 Å². The highest BCUT2D eigenvalue weighted by atomic mass is 19.4. The lowest BCUT2D eigenvalue weighted by molar-refractivity contribution is -0.155. The lowest BCUT2D eigenvalue weighted by Crippen LogP contribution is -2.63. The number of methoxy groups -OCH3 is 1. The summed E-state index contributed by atoms with van der Waals surface area (Å²) in [4.78, 5) is 77.6. The average molecular weight is 1160 g/mol. The molecule has 2 aromatic heterocycles. The Balaban J connectivity index is 0.826. The van der Waals surface area contributed by atoms with Crippen molar-refractivity contribution in [3.8, 4) is 11.3 Å². The van der Waals surface area contributed by atoms with E-state index >= 15 is 22.8 Å². The fourth-order valence-corrected chi connectivity index (χ4v) is 16.1. The molecule has 2 unspecified atom stereocenters. The number of hydrogen-bond acceptors (Lipinski definition) is 13. The fraction of sp³-hybridized carbons (Fsp3) is 0.703. The molecule has 5 saturated heterocycles. The van der Waals surface area contributed by atoms with Gasteiger partial charge in [-0.2, -0.15) is 13.2 Å². The predicted octanol–water partition coefficient (Wildman–Crippen LogP) is 7.03. The maximum Gasteiger partial charge on any atom is 0.406 e. The molecule has 7 aliphatic heterocycles. The van der Waals surface area contributed by atoms with Gasteiger partial charge in [0.2, 0.25) is 11.8 Å². The number of halogens is 3. The highest BCUT2D eigenvalue weighted by Gasteiger charge is 2.59. The van der Waals surface area contributed by atoms with E-state index in [0.29, 0.717) is 96.9 Å². The van der Waals surface area contributed by atoms with Gasteiger partial charge in [0.25, 0.3) is 5.91 Å². The minimum absolute atomic E-state index is 0.00490. The van der Waals surface area contributed by atoms with Crippen molar-refractivity contribution in [1.82, 2.24) is 49.8 Å². The minimum Gasteiger partial charge on any atom is -0.464 e. The van der Waals surface area contributed by atoms with Gasteiger partial charge >= 0.3 is 12.1 Å². The summed E-state index contributed by atoms with van der Waals surface area (Å²) in [5.74, 6) is 0.0485. The number of likely N-dealkylation sites (N-methyl/N-ethyl adjacent to an activating group) is 1. The van der Waals surface area contributed by atoms with Gasteiger partial charge in [0.1, 0.15) is 24.7 Å². The summed E-state index contributed by atoms with van der Waals surface area (Å²) in [6.45, 7) is 12.5. The van der Waals surface area contributed by atoms with Gasteiger partial charge < -0.3 is 29.2 Å². The van der Waals surface area contributed by atoms with E-state index in [1.54, 1.807) is 7.11 Å². The van der Waals surface area contributed by atoms with Crippen molar-refractivity contribution in [2.24, 2.45) is 22.7 Å². The maximum atomic E-state index is 15.4. The first kappa shape index (κ1) is 57.9. The number of alkyl halides is 3. The van der Waals surface area contributed by atoms with Crippen LogP contribution in [0.3, 0.4) is 0 Å². The lowest BCUT2D eigenvalue weighted by atomic mass is 9.84. The second-order valence-corrected chi connectivity index (χ2v) is 27.8. The molecule has 6 bridgehead atoms. The van der Waals surface area contributed by atoms with Gasteiger partial charge in [-0.1, -0.05) is 38.8 Å². The summed E-state index contributed by atoms with van der Waals surface area (Å²) in [7, 11) is 3.67. The molecule has 20 heteroatoms. The van der Waals surface area contributed by atoms with E-state index in [9.17, 15) is 9.59 Å². The average Bonchev–Trinajstić information content (AvgIpc) is 2.13. The van der Waals surface area contributed by atoms with Gasteiger partial charge in [-0.3, -0.25) is 48.8 Å². The topological polar surface area (TPSA) is 151 Å². The number of ether oxygens (including phenoxy) is 2. The molecule has 1 aromatic carbocycles. The number of likely N-dealkylation sites (tertiary alicyclic amines) is 2. The summed E-state index contributed by atoms with van der Waals surface area (Å²) >= 11 is 0. The number of piperazine rings is 1. The van der Waals surface area contributed by atoms with E-state index in [2.05, 4.69) is 53.3 Å². The van der Waals surface area contributed by atoms with E-state index in [-0.39, 0.29) is 54.7 Å². The number of aromatic nitrogens is 2. The lowest BCUT2D eigenvalue weighted by Gasteiger charge is -2.39. The van der Waals surface area contributed by atoms with Gasteiger partial charge in [-0.15, -0.1) is 0 Å². The number of rotatable bonds is 12.